The Bertz CT molecular complexity index is 1950. The summed E-state index contributed by atoms with van der Waals surface area (Å²) in [6.07, 6.45) is 1.47. The molecule has 0 spiro atoms. The van der Waals surface area contributed by atoms with Crippen LogP contribution in [0.5, 0.6) is 5.75 Å². The molecule has 0 saturated heterocycles. The average Bonchev–Trinajstić information content (AvgIpc) is 3.35. The molecule has 0 atom stereocenters. The number of para-hydroxylation sites is 1. The highest BCUT2D eigenvalue weighted by molar-refractivity contribution is 6.31. The number of hydrogen-bond acceptors (Lipinski definition) is 5. The van der Waals surface area contributed by atoms with Crippen molar-refractivity contribution < 1.29 is 13.5 Å². The monoisotopic (exact) mass is 557 g/mol. The number of furan rings is 1. The highest BCUT2D eigenvalue weighted by Gasteiger charge is 2.17. The zero-order chi connectivity index (χ0) is 26.9. The molecule has 6 rings (SSSR count). The molecule has 9 heteroatoms. The standard InChI is InChI=1S/C30H18Cl2FN3O3/c31-21-9-11-27-19(13-21)15-28(39-27)29-35-25-7-2-1-6-24(25)30(37)36(29)34-16-20-14-22(32)8-10-26(20)38-17-18-4-3-5-23(33)12-18/h1-16H,17H2. The highest BCUT2D eigenvalue weighted by Crippen LogP contribution is 2.29. The summed E-state index contributed by atoms with van der Waals surface area (Å²) in [4.78, 5) is 18.3. The quantitative estimate of drug-likeness (QED) is 0.196. The van der Waals surface area contributed by atoms with Crippen molar-refractivity contribution in [3.8, 4) is 17.3 Å². The minimum atomic E-state index is -0.380. The van der Waals surface area contributed by atoms with Crippen LogP contribution in [0.1, 0.15) is 11.1 Å². The third-order valence-corrected chi connectivity index (χ3v) is 6.49. The van der Waals surface area contributed by atoms with Gasteiger partial charge in [-0.2, -0.15) is 9.78 Å². The lowest BCUT2D eigenvalue weighted by molar-refractivity contribution is 0.305. The molecule has 0 aliphatic rings. The molecule has 6 aromatic rings. The third-order valence-electron chi connectivity index (χ3n) is 6.02. The van der Waals surface area contributed by atoms with Crippen LogP contribution in [0.3, 0.4) is 0 Å². The van der Waals surface area contributed by atoms with Gasteiger partial charge in [0, 0.05) is 21.0 Å². The van der Waals surface area contributed by atoms with Gasteiger partial charge in [-0.15, -0.1) is 0 Å². The predicted molar refractivity (Wildman–Crippen MR) is 151 cm³/mol. The molecular formula is C30H18Cl2FN3O3. The molecule has 2 heterocycles. The van der Waals surface area contributed by atoms with Crippen LogP contribution < -0.4 is 10.3 Å². The first-order valence-corrected chi connectivity index (χ1v) is 12.6. The Hall–Kier alpha value is -4.46. The second-order valence-electron chi connectivity index (χ2n) is 8.71. The van der Waals surface area contributed by atoms with E-state index in [1.54, 1.807) is 78.9 Å². The van der Waals surface area contributed by atoms with E-state index in [2.05, 4.69) is 5.10 Å². The Morgan fingerprint density at radius 2 is 1.77 bits per heavy atom. The fraction of sp³-hybridized carbons (Fsp3) is 0.0333. The van der Waals surface area contributed by atoms with Gasteiger partial charge in [0.05, 0.1) is 17.1 Å². The van der Waals surface area contributed by atoms with E-state index in [0.29, 0.717) is 49.2 Å². The van der Waals surface area contributed by atoms with Crippen molar-refractivity contribution in [2.24, 2.45) is 5.10 Å². The van der Waals surface area contributed by atoms with Gasteiger partial charge in [-0.25, -0.2) is 9.37 Å². The molecule has 4 aromatic carbocycles. The zero-order valence-electron chi connectivity index (χ0n) is 20.1. The van der Waals surface area contributed by atoms with Crippen molar-refractivity contribution in [3.05, 3.63) is 128 Å². The minimum absolute atomic E-state index is 0.129. The van der Waals surface area contributed by atoms with Crippen molar-refractivity contribution in [2.45, 2.75) is 6.61 Å². The van der Waals surface area contributed by atoms with E-state index in [1.807, 2.05) is 0 Å². The van der Waals surface area contributed by atoms with Crippen LogP contribution in [-0.4, -0.2) is 15.9 Å². The summed E-state index contributed by atoms with van der Waals surface area (Å²) in [5, 5.41) is 6.66. The first-order chi connectivity index (χ1) is 18.9. The minimum Gasteiger partial charge on any atom is -0.488 e. The molecule has 2 aromatic heterocycles. The lowest BCUT2D eigenvalue weighted by Gasteiger charge is -2.11. The van der Waals surface area contributed by atoms with Crippen LogP contribution in [0.2, 0.25) is 10.0 Å². The van der Waals surface area contributed by atoms with E-state index in [1.165, 1.54) is 23.0 Å². The van der Waals surface area contributed by atoms with Crippen molar-refractivity contribution in [2.75, 3.05) is 0 Å². The van der Waals surface area contributed by atoms with Gasteiger partial charge in [0.15, 0.2) is 5.76 Å². The number of aromatic nitrogens is 2. The molecule has 0 N–H and O–H groups in total. The summed E-state index contributed by atoms with van der Waals surface area (Å²) in [5.41, 5.74) is 1.89. The van der Waals surface area contributed by atoms with E-state index >= 15 is 0 Å². The van der Waals surface area contributed by atoms with Gasteiger partial charge in [0.1, 0.15) is 23.8 Å². The molecule has 0 unspecified atom stereocenters. The number of rotatable bonds is 6. The molecule has 39 heavy (non-hydrogen) atoms. The maximum atomic E-state index is 13.6. The number of hydrogen-bond donors (Lipinski definition) is 0. The average molecular weight is 558 g/mol. The van der Waals surface area contributed by atoms with Gasteiger partial charge in [-0.3, -0.25) is 4.79 Å². The Morgan fingerprint density at radius 1 is 0.949 bits per heavy atom. The lowest BCUT2D eigenvalue weighted by Crippen LogP contribution is -2.20. The van der Waals surface area contributed by atoms with Gasteiger partial charge in [-0.1, -0.05) is 47.5 Å². The SMILES string of the molecule is O=c1c2ccccc2nc(-c2cc3cc(Cl)ccc3o2)n1N=Cc1cc(Cl)ccc1OCc1cccc(F)c1. The molecule has 192 valence electrons. The van der Waals surface area contributed by atoms with Gasteiger partial charge in [-0.05, 0) is 72.3 Å². The van der Waals surface area contributed by atoms with E-state index in [9.17, 15) is 9.18 Å². The second-order valence-corrected chi connectivity index (χ2v) is 9.58. The number of ether oxygens (including phenoxy) is 1. The molecule has 0 amide bonds. The Morgan fingerprint density at radius 3 is 2.64 bits per heavy atom. The maximum Gasteiger partial charge on any atom is 0.282 e. The van der Waals surface area contributed by atoms with E-state index in [0.717, 1.165) is 5.39 Å². The van der Waals surface area contributed by atoms with Crippen LogP contribution in [0.4, 0.5) is 4.39 Å². The molecule has 6 nitrogen and oxygen atoms in total. The van der Waals surface area contributed by atoms with Gasteiger partial charge >= 0.3 is 0 Å². The van der Waals surface area contributed by atoms with Crippen molar-refractivity contribution in [1.29, 1.82) is 0 Å². The summed E-state index contributed by atoms with van der Waals surface area (Å²) >= 11 is 12.4. The summed E-state index contributed by atoms with van der Waals surface area (Å²) in [5.74, 6) is 0.666. The molecular weight excluding hydrogens is 540 g/mol. The van der Waals surface area contributed by atoms with E-state index < -0.39 is 0 Å². The van der Waals surface area contributed by atoms with Crippen LogP contribution in [0, 0.1) is 5.82 Å². The van der Waals surface area contributed by atoms with Crippen LogP contribution >= 0.6 is 23.2 Å². The smallest absolute Gasteiger partial charge is 0.282 e. The summed E-state index contributed by atoms with van der Waals surface area (Å²) in [7, 11) is 0. The topological polar surface area (TPSA) is 69.6 Å². The van der Waals surface area contributed by atoms with Crippen molar-refractivity contribution in [3.63, 3.8) is 0 Å². The number of nitrogens with zero attached hydrogens (tertiary/aromatic N) is 3. The predicted octanol–water partition coefficient (Wildman–Crippen LogP) is 7.72. The van der Waals surface area contributed by atoms with Gasteiger partial charge < -0.3 is 9.15 Å². The van der Waals surface area contributed by atoms with Crippen LogP contribution in [0.25, 0.3) is 33.5 Å². The normalized spacial score (nSPS) is 11.6. The molecule has 0 fully saturated rings. The fourth-order valence-electron chi connectivity index (χ4n) is 4.17. The van der Waals surface area contributed by atoms with Crippen molar-refractivity contribution >= 4 is 51.3 Å². The Labute approximate surface area is 231 Å². The fourth-order valence-corrected chi connectivity index (χ4v) is 4.54. The molecule has 0 aliphatic carbocycles. The zero-order valence-corrected chi connectivity index (χ0v) is 21.7. The third kappa shape index (κ3) is 5.14. The summed E-state index contributed by atoms with van der Waals surface area (Å²) in [6, 6.07) is 25.2. The number of benzene rings is 4. The number of halogens is 3. The lowest BCUT2D eigenvalue weighted by atomic mass is 10.2. The van der Waals surface area contributed by atoms with Crippen LogP contribution in [0.15, 0.2) is 105 Å². The summed E-state index contributed by atoms with van der Waals surface area (Å²) < 4.78 is 26.7. The van der Waals surface area contributed by atoms with Gasteiger partial charge in [0.25, 0.3) is 5.56 Å². The van der Waals surface area contributed by atoms with E-state index in [-0.39, 0.29) is 23.8 Å². The number of fused-ring (bicyclic) bond motifs is 2. The first kappa shape index (κ1) is 24.9. The van der Waals surface area contributed by atoms with Crippen molar-refractivity contribution in [1.82, 2.24) is 9.66 Å². The molecule has 0 saturated carbocycles. The largest absolute Gasteiger partial charge is 0.488 e. The summed E-state index contributed by atoms with van der Waals surface area (Å²) in [6.45, 7) is 0.129. The molecule has 0 radical (unpaired) electrons. The van der Waals surface area contributed by atoms with E-state index in [4.69, 9.17) is 37.3 Å². The Balaban J connectivity index is 1.44. The first-order valence-electron chi connectivity index (χ1n) is 11.9. The second kappa shape index (κ2) is 10.4. The molecule has 0 bridgehead atoms. The molecule has 0 aliphatic heterocycles. The Kier molecular flexibility index (Phi) is 6.60. The maximum absolute atomic E-state index is 13.6. The van der Waals surface area contributed by atoms with Gasteiger partial charge in [0.2, 0.25) is 5.82 Å². The highest BCUT2D eigenvalue weighted by atomic mass is 35.5. The van der Waals surface area contributed by atoms with Crippen LogP contribution in [-0.2, 0) is 6.61 Å².